The smallest absolute Gasteiger partial charge is 0.251 e. The van der Waals surface area contributed by atoms with Gasteiger partial charge in [0.2, 0.25) is 0 Å². The van der Waals surface area contributed by atoms with E-state index in [1.54, 1.807) is 6.07 Å². The minimum atomic E-state index is -0.382. The Balaban J connectivity index is 0.00000128. The molecule has 0 aliphatic carbocycles. The number of benzene rings is 1. The molecule has 0 atom stereocenters. The molecular weight excluding hydrogens is 231 g/mol. The molecule has 0 bridgehead atoms. The summed E-state index contributed by atoms with van der Waals surface area (Å²) in [5.41, 5.74) is 0.377. The van der Waals surface area contributed by atoms with Gasteiger partial charge in [0.05, 0.1) is 0 Å². The lowest BCUT2D eigenvalue weighted by Gasteiger charge is -2.27. The van der Waals surface area contributed by atoms with E-state index in [9.17, 15) is 9.18 Å². The first kappa shape index (κ1) is 12.9. The lowest BCUT2D eigenvalue weighted by Crippen LogP contribution is -2.48. The average molecular weight is 245 g/mol. The Morgan fingerprint density at radius 1 is 1.50 bits per heavy atom. The van der Waals surface area contributed by atoms with Gasteiger partial charge in [0.15, 0.2) is 0 Å². The molecule has 1 fully saturated rings. The third kappa shape index (κ3) is 3.18. The van der Waals surface area contributed by atoms with Gasteiger partial charge in [-0.3, -0.25) is 4.79 Å². The van der Waals surface area contributed by atoms with E-state index in [2.05, 4.69) is 10.6 Å². The first-order valence-corrected chi connectivity index (χ1v) is 5.00. The van der Waals surface area contributed by atoms with Crippen LogP contribution in [0, 0.1) is 11.7 Å². The summed E-state index contributed by atoms with van der Waals surface area (Å²) in [7, 11) is 0. The van der Waals surface area contributed by atoms with Crippen LogP contribution in [0.5, 0.6) is 0 Å². The van der Waals surface area contributed by atoms with Crippen LogP contribution in [0.1, 0.15) is 10.4 Å². The lowest BCUT2D eigenvalue weighted by molar-refractivity contribution is 0.0942. The predicted molar refractivity (Wildman–Crippen MR) is 62.3 cm³/mol. The number of carbonyl (C=O) groups excluding carboxylic acids is 1. The zero-order chi connectivity index (χ0) is 10.7. The second-order valence-corrected chi connectivity index (χ2v) is 3.74. The molecule has 0 radical (unpaired) electrons. The van der Waals surface area contributed by atoms with Gasteiger partial charge in [-0.05, 0) is 18.2 Å². The fourth-order valence-corrected chi connectivity index (χ4v) is 1.46. The first-order chi connectivity index (χ1) is 7.25. The Hall–Kier alpha value is -1.13. The quantitative estimate of drug-likeness (QED) is 0.839. The van der Waals surface area contributed by atoms with Crippen molar-refractivity contribution in [3.05, 3.63) is 35.6 Å². The van der Waals surface area contributed by atoms with Crippen LogP contribution in [-0.4, -0.2) is 25.5 Å². The molecule has 1 aliphatic heterocycles. The van der Waals surface area contributed by atoms with Crippen molar-refractivity contribution in [1.29, 1.82) is 0 Å². The third-order valence-corrected chi connectivity index (χ3v) is 2.50. The van der Waals surface area contributed by atoms with E-state index < -0.39 is 0 Å². The van der Waals surface area contributed by atoms with Crippen molar-refractivity contribution in [2.45, 2.75) is 0 Å². The van der Waals surface area contributed by atoms with Gasteiger partial charge in [-0.2, -0.15) is 0 Å². The van der Waals surface area contributed by atoms with Crippen molar-refractivity contribution in [2.75, 3.05) is 19.6 Å². The largest absolute Gasteiger partial charge is 0.352 e. The molecule has 0 saturated carbocycles. The van der Waals surface area contributed by atoms with Crippen molar-refractivity contribution in [3.8, 4) is 0 Å². The second-order valence-electron chi connectivity index (χ2n) is 3.74. The maximum absolute atomic E-state index is 12.8. The molecule has 2 rings (SSSR count). The van der Waals surface area contributed by atoms with Gasteiger partial charge >= 0.3 is 0 Å². The Morgan fingerprint density at radius 3 is 2.81 bits per heavy atom. The van der Waals surface area contributed by atoms with Gasteiger partial charge in [0.25, 0.3) is 5.91 Å². The standard InChI is InChI=1S/C11H13FN2O.ClH/c12-10-3-1-2-9(4-10)11(15)14-7-8-5-13-6-8;/h1-4,8,13H,5-7H2,(H,14,15);1H. The topological polar surface area (TPSA) is 41.1 Å². The molecule has 16 heavy (non-hydrogen) atoms. The Bertz CT molecular complexity index is 369. The highest BCUT2D eigenvalue weighted by atomic mass is 35.5. The van der Waals surface area contributed by atoms with Crippen LogP contribution in [0.25, 0.3) is 0 Å². The van der Waals surface area contributed by atoms with Crippen molar-refractivity contribution in [2.24, 2.45) is 5.92 Å². The normalized spacial score (nSPS) is 14.8. The fraction of sp³-hybridized carbons (Fsp3) is 0.364. The van der Waals surface area contributed by atoms with Crippen molar-refractivity contribution >= 4 is 18.3 Å². The van der Waals surface area contributed by atoms with Gasteiger partial charge < -0.3 is 10.6 Å². The number of nitrogens with one attached hydrogen (secondary N) is 2. The van der Waals surface area contributed by atoms with E-state index in [0.29, 0.717) is 18.0 Å². The highest BCUT2D eigenvalue weighted by molar-refractivity contribution is 5.94. The zero-order valence-electron chi connectivity index (χ0n) is 8.70. The van der Waals surface area contributed by atoms with Crippen LogP contribution in [0.15, 0.2) is 24.3 Å². The number of hydrogen-bond acceptors (Lipinski definition) is 2. The molecule has 3 nitrogen and oxygen atoms in total. The van der Waals surface area contributed by atoms with Crippen LogP contribution in [0.4, 0.5) is 4.39 Å². The Morgan fingerprint density at radius 2 is 2.25 bits per heavy atom. The Kier molecular flexibility index (Phi) is 4.71. The third-order valence-electron chi connectivity index (χ3n) is 2.50. The molecule has 0 aromatic heterocycles. The van der Waals surface area contributed by atoms with Gasteiger partial charge in [-0.15, -0.1) is 12.4 Å². The minimum Gasteiger partial charge on any atom is -0.352 e. The van der Waals surface area contributed by atoms with E-state index >= 15 is 0 Å². The van der Waals surface area contributed by atoms with Gasteiger partial charge in [-0.25, -0.2) is 4.39 Å². The molecule has 5 heteroatoms. The summed E-state index contributed by atoms with van der Waals surface area (Å²) in [6, 6.07) is 5.72. The molecule has 1 aromatic carbocycles. The van der Waals surface area contributed by atoms with Crippen LogP contribution >= 0.6 is 12.4 Å². The molecule has 88 valence electrons. The van der Waals surface area contributed by atoms with E-state index in [1.165, 1.54) is 18.2 Å². The van der Waals surface area contributed by atoms with Crippen LogP contribution in [0.3, 0.4) is 0 Å². The molecule has 1 heterocycles. The maximum atomic E-state index is 12.8. The van der Waals surface area contributed by atoms with Crippen molar-refractivity contribution in [3.63, 3.8) is 0 Å². The summed E-state index contributed by atoms with van der Waals surface area (Å²) < 4.78 is 12.8. The van der Waals surface area contributed by atoms with Gasteiger partial charge in [0.1, 0.15) is 5.82 Å². The summed E-state index contributed by atoms with van der Waals surface area (Å²) in [6.45, 7) is 2.55. The lowest BCUT2D eigenvalue weighted by atomic mass is 10.0. The highest BCUT2D eigenvalue weighted by Gasteiger charge is 2.17. The van der Waals surface area contributed by atoms with E-state index in [-0.39, 0.29) is 24.1 Å². The van der Waals surface area contributed by atoms with E-state index in [4.69, 9.17) is 0 Å². The first-order valence-electron chi connectivity index (χ1n) is 5.00. The molecule has 0 unspecified atom stereocenters. The van der Waals surface area contributed by atoms with Crippen LogP contribution in [0.2, 0.25) is 0 Å². The highest BCUT2D eigenvalue weighted by Crippen LogP contribution is 2.04. The number of hydrogen-bond donors (Lipinski definition) is 2. The fourth-order valence-electron chi connectivity index (χ4n) is 1.46. The number of halogens is 2. The zero-order valence-corrected chi connectivity index (χ0v) is 9.52. The van der Waals surface area contributed by atoms with E-state index in [0.717, 1.165) is 13.1 Å². The van der Waals surface area contributed by atoms with Gasteiger partial charge in [-0.1, -0.05) is 6.07 Å². The SMILES string of the molecule is Cl.O=C(NCC1CNC1)c1cccc(F)c1. The monoisotopic (exact) mass is 244 g/mol. The second kappa shape index (κ2) is 5.82. The molecule has 1 amide bonds. The molecule has 1 saturated heterocycles. The van der Waals surface area contributed by atoms with Crippen LogP contribution in [-0.2, 0) is 0 Å². The molecule has 1 aliphatic rings. The summed E-state index contributed by atoms with van der Waals surface area (Å²) in [5.74, 6) is -0.0723. The van der Waals surface area contributed by atoms with Crippen molar-refractivity contribution in [1.82, 2.24) is 10.6 Å². The van der Waals surface area contributed by atoms with Crippen molar-refractivity contribution < 1.29 is 9.18 Å². The number of carbonyl (C=O) groups is 1. The molecular formula is C11H14ClFN2O. The van der Waals surface area contributed by atoms with E-state index in [1.807, 2.05) is 0 Å². The molecule has 1 aromatic rings. The molecule has 0 spiro atoms. The minimum absolute atomic E-state index is 0. The number of rotatable bonds is 3. The summed E-state index contributed by atoms with van der Waals surface area (Å²) in [5, 5.41) is 5.91. The maximum Gasteiger partial charge on any atom is 0.251 e. The number of amides is 1. The molecule has 2 N–H and O–H groups in total. The summed E-state index contributed by atoms with van der Waals surface area (Å²) in [4.78, 5) is 11.5. The summed E-state index contributed by atoms with van der Waals surface area (Å²) >= 11 is 0. The summed E-state index contributed by atoms with van der Waals surface area (Å²) in [6.07, 6.45) is 0. The Labute approximate surface area is 99.8 Å². The predicted octanol–water partition coefficient (Wildman–Crippen LogP) is 1.20. The average Bonchev–Trinajstić information content (AvgIpc) is 2.15. The van der Waals surface area contributed by atoms with Crippen LogP contribution < -0.4 is 10.6 Å². The van der Waals surface area contributed by atoms with Gasteiger partial charge in [0, 0.05) is 31.1 Å².